The quantitative estimate of drug-likeness (QED) is 0.647. The van der Waals surface area contributed by atoms with Gasteiger partial charge >= 0.3 is 12.1 Å². The van der Waals surface area contributed by atoms with Gasteiger partial charge in [0.25, 0.3) is 0 Å². The molecule has 0 heterocycles. The molecule has 4 nitrogen and oxygen atoms in total. The van der Waals surface area contributed by atoms with Crippen LogP contribution in [0.2, 0.25) is 0 Å². The Bertz CT molecular complexity index is 231. The molecule has 1 atom stereocenters. The highest BCUT2D eigenvalue weighted by atomic mass is 19.4. The van der Waals surface area contributed by atoms with Crippen LogP contribution in [0.15, 0.2) is 0 Å². The normalized spacial score (nSPS) is 14.0. The molecular formula is C10H18F3NO3. The van der Waals surface area contributed by atoms with Crippen molar-refractivity contribution in [1.82, 2.24) is 5.32 Å². The van der Waals surface area contributed by atoms with Crippen molar-refractivity contribution in [2.24, 2.45) is 11.8 Å². The fraction of sp³-hybridized carbons (Fsp3) is 0.900. The van der Waals surface area contributed by atoms with Crippen molar-refractivity contribution in [1.29, 1.82) is 0 Å². The summed E-state index contributed by atoms with van der Waals surface area (Å²) < 4.78 is 41.7. The lowest BCUT2D eigenvalue weighted by molar-refractivity contribution is -0.192. The highest BCUT2D eigenvalue weighted by Gasteiger charge is 2.44. The maximum Gasteiger partial charge on any atom is 0.403 e. The third-order valence-corrected chi connectivity index (χ3v) is 1.92. The number of carboxylic acid groups (broad SMARTS) is 1. The number of carboxylic acids is 1. The van der Waals surface area contributed by atoms with Crippen LogP contribution in [0.1, 0.15) is 13.8 Å². The average Bonchev–Trinajstić information content (AvgIpc) is 2.13. The third kappa shape index (κ3) is 7.98. The molecule has 7 heteroatoms. The molecule has 0 bridgehead atoms. The zero-order chi connectivity index (χ0) is 13.5. The Labute approximate surface area is 98.1 Å². The lowest BCUT2D eigenvalue weighted by atomic mass is 10.1. The summed E-state index contributed by atoms with van der Waals surface area (Å²) in [7, 11) is 0. The van der Waals surface area contributed by atoms with E-state index in [1.807, 2.05) is 13.8 Å². The van der Waals surface area contributed by atoms with Gasteiger partial charge in [0, 0.05) is 19.7 Å². The number of alkyl halides is 3. The van der Waals surface area contributed by atoms with Crippen molar-refractivity contribution in [3.63, 3.8) is 0 Å². The van der Waals surface area contributed by atoms with Gasteiger partial charge < -0.3 is 15.2 Å². The molecule has 0 amide bonds. The molecule has 0 aliphatic rings. The van der Waals surface area contributed by atoms with E-state index in [2.05, 4.69) is 5.32 Å². The Kier molecular flexibility index (Phi) is 7.13. The van der Waals surface area contributed by atoms with E-state index in [-0.39, 0.29) is 13.2 Å². The number of ether oxygens (including phenoxy) is 1. The van der Waals surface area contributed by atoms with Gasteiger partial charge in [-0.1, -0.05) is 13.8 Å². The molecule has 1 unspecified atom stereocenters. The smallest absolute Gasteiger partial charge is 0.403 e. The Hall–Kier alpha value is -0.820. The highest BCUT2D eigenvalue weighted by Crippen LogP contribution is 2.25. The van der Waals surface area contributed by atoms with Crippen LogP contribution in [0.5, 0.6) is 0 Å². The molecule has 0 aliphatic heterocycles. The van der Waals surface area contributed by atoms with E-state index >= 15 is 0 Å². The first-order valence-electron chi connectivity index (χ1n) is 5.33. The minimum absolute atomic E-state index is 0.201. The Morgan fingerprint density at radius 1 is 1.41 bits per heavy atom. The van der Waals surface area contributed by atoms with E-state index in [0.717, 1.165) is 0 Å². The molecule has 0 saturated heterocycles. The summed E-state index contributed by atoms with van der Waals surface area (Å²) in [6.07, 6.45) is -4.72. The second-order valence-electron chi connectivity index (χ2n) is 4.11. The summed E-state index contributed by atoms with van der Waals surface area (Å²) >= 11 is 0. The van der Waals surface area contributed by atoms with E-state index in [1.165, 1.54) is 0 Å². The minimum atomic E-state index is -4.72. The van der Waals surface area contributed by atoms with Gasteiger partial charge in [0.15, 0.2) is 5.92 Å². The van der Waals surface area contributed by atoms with E-state index in [0.29, 0.717) is 12.5 Å². The third-order valence-electron chi connectivity index (χ3n) is 1.92. The fourth-order valence-electron chi connectivity index (χ4n) is 1.05. The van der Waals surface area contributed by atoms with Gasteiger partial charge in [-0.2, -0.15) is 13.2 Å². The average molecular weight is 257 g/mol. The number of aliphatic carboxylic acids is 1. The molecule has 0 aromatic rings. The predicted octanol–water partition coefficient (Wildman–Crippen LogP) is 1.51. The highest BCUT2D eigenvalue weighted by molar-refractivity contribution is 5.71. The first-order valence-corrected chi connectivity index (χ1v) is 5.33. The first kappa shape index (κ1) is 16.2. The summed E-state index contributed by atoms with van der Waals surface area (Å²) in [5, 5.41) is 10.8. The van der Waals surface area contributed by atoms with E-state index in [4.69, 9.17) is 9.84 Å². The second-order valence-corrected chi connectivity index (χ2v) is 4.11. The van der Waals surface area contributed by atoms with E-state index in [1.54, 1.807) is 0 Å². The molecule has 102 valence electrons. The molecule has 0 aliphatic carbocycles. The molecule has 2 N–H and O–H groups in total. The van der Waals surface area contributed by atoms with Crippen LogP contribution in [0.25, 0.3) is 0 Å². The predicted molar refractivity (Wildman–Crippen MR) is 55.7 cm³/mol. The number of hydrogen-bond donors (Lipinski definition) is 2. The van der Waals surface area contributed by atoms with Gasteiger partial charge in [-0.15, -0.1) is 0 Å². The monoisotopic (exact) mass is 257 g/mol. The van der Waals surface area contributed by atoms with Crippen LogP contribution in [0.4, 0.5) is 13.2 Å². The summed E-state index contributed by atoms with van der Waals surface area (Å²) in [6, 6.07) is 0. The van der Waals surface area contributed by atoms with Crippen molar-refractivity contribution < 1.29 is 27.8 Å². The first-order chi connectivity index (χ1) is 7.75. The van der Waals surface area contributed by atoms with E-state index in [9.17, 15) is 18.0 Å². The SMILES string of the molecule is CC(C)COCCNCC(C(=O)O)C(F)(F)F. The fourth-order valence-corrected chi connectivity index (χ4v) is 1.05. The molecule has 0 radical (unpaired) electrons. The van der Waals surface area contributed by atoms with E-state index < -0.39 is 24.6 Å². The molecule has 17 heavy (non-hydrogen) atoms. The largest absolute Gasteiger partial charge is 0.481 e. The van der Waals surface area contributed by atoms with Crippen molar-refractivity contribution in [2.75, 3.05) is 26.3 Å². The van der Waals surface area contributed by atoms with Crippen molar-refractivity contribution in [3.8, 4) is 0 Å². The number of rotatable bonds is 8. The van der Waals surface area contributed by atoms with Crippen molar-refractivity contribution in [2.45, 2.75) is 20.0 Å². The molecule has 0 aromatic carbocycles. The van der Waals surface area contributed by atoms with Crippen molar-refractivity contribution >= 4 is 5.97 Å². The Balaban J connectivity index is 3.74. The van der Waals surface area contributed by atoms with Gasteiger partial charge in [-0.3, -0.25) is 4.79 Å². The second kappa shape index (κ2) is 7.50. The summed E-state index contributed by atoms with van der Waals surface area (Å²) in [6.45, 7) is 4.28. The number of hydrogen-bond acceptors (Lipinski definition) is 3. The molecule has 0 aromatic heterocycles. The van der Waals surface area contributed by atoms with Gasteiger partial charge in [-0.05, 0) is 5.92 Å². The topological polar surface area (TPSA) is 58.6 Å². The summed E-state index contributed by atoms with van der Waals surface area (Å²) in [5.74, 6) is -3.88. The van der Waals surface area contributed by atoms with Crippen LogP contribution in [0.3, 0.4) is 0 Å². The van der Waals surface area contributed by atoms with Crippen molar-refractivity contribution in [3.05, 3.63) is 0 Å². The summed E-state index contributed by atoms with van der Waals surface area (Å²) in [4.78, 5) is 10.4. The lowest BCUT2D eigenvalue weighted by Crippen LogP contribution is -2.40. The molecule has 0 saturated carbocycles. The standard InChI is InChI=1S/C10H18F3NO3/c1-7(2)6-17-4-3-14-5-8(9(15)16)10(11,12)13/h7-8,14H,3-6H2,1-2H3,(H,15,16). The number of nitrogens with one attached hydrogen (secondary N) is 1. The Morgan fingerprint density at radius 2 is 2.00 bits per heavy atom. The van der Waals surface area contributed by atoms with Crippen LogP contribution >= 0.6 is 0 Å². The van der Waals surface area contributed by atoms with Gasteiger partial charge in [-0.25, -0.2) is 0 Å². The minimum Gasteiger partial charge on any atom is -0.481 e. The Morgan fingerprint density at radius 3 is 2.41 bits per heavy atom. The van der Waals surface area contributed by atoms with Gasteiger partial charge in [0.05, 0.1) is 6.61 Å². The van der Waals surface area contributed by atoms with Crippen LogP contribution in [-0.2, 0) is 9.53 Å². The van der Waals surface area contributed by atoms with Crippen LogP contribution in [-0.4, -0.2) is 43.6 Å². The molecule has 0 spiro atoms. The van der Waals surface area contributed by atoms with Gasteiger partial charge in [0.2, 0.25) is 0 Å². The number of halogens is 3. The molecular weight excluding hydrogens is 239 g/mol. The maximum absolute atomic E-state index is 12.2. The number of carbonyl (C=O) groups is 1. The van der Waals surface area contributed by atoms with Crippen LogP contribution < -0.4 is 5.32 Å². The zero-order valence-corrected chi connectivity index (χ0v) is 9.88. The van der Waals surface area contributed by atoms with Gasteiger partial charge in [0.1, 0.15) is 0 Å². The zero-order valence-electron chi connectivity index (χ0n) is 9.88. The lowest BCUT2D eigenvalue weighted by Gasteiger charge is -2.16. The van der Waals surface area contributed by atoms with Crippen LogP contribution in [0, 0.1) is 11.8 Å². The molecule has 0 rings (SSSR count). The molecule has 0 fully saturated rings. The maximum atomic E-state index is 12.2. The summed E-state index contributed by atoms with van der Waals surface area (Å²) in [5.41, 5.74) is 0.